The molecule has 3 aromatic rings. The molecule has 0 aliphatic rings. The first-order valence-electron chi connectivity index (χ1n) is 4.80. The monoisotopic (exact) mass is 195 g/mol. The van der Waals surface area contributed by atoms with E-state index in [4.69, 9.17) is 0 Å². The van der Waals surface area contributed by atoms with E-state index in [1.54, 1.807) is 0 Å². The van der Waals surface area contributed by atoms with E-state index >= 15 is 0 Å². The summed E-state index contributed by atoms with van der Waals surface area (Å²) in [5.41, 5.74) is 1.95. The average molecular weight is 195 g/mol. The molecule has 0 aliphatic carbocycles. The highest BCUT2D eigenvalue weighted by Crippen LogP contribution is 2.16. The van der Waals surface area contributed by atoms with Crippen LogP contribution >= 0.6 is 0 Å². The molecule has 2 aromatic heterocycles. The molecule has 0 spiro atoms. The highest BCUT2D eigenvalue weighted by atomic mass is 15.2. The fourth-order valence-electron chi connectivity index (χ4n) is 1.63. The normalized spacial score (nSPS) is 10.7. The number of hydrogen-bond acceptors (Lipinski definition) is 2. The van der Waals surface area contributed by atoms with Crippen LogP contribution in [0.15, 0.2) is 54.7 Å². The van der Waals surface area contributed by atoms with Crippen molar-refractivity contribution in [3.8, 4) is 11.4 Å². The van der Waals surface area contributed by atoms with Crippen molar-refractivity contribution in [1.82, 2.24) is 14.6 Å². The van der Waals surface area contributed by atoms with Gasteiger partial charge in [-0.2, -0.15) is 0 Å². The van der Waals surface area contributed by atoms with E-state index in [0.29, 0.717) is 0 Å². The van der Waals surface area contributed by atoms with Crippen molar-refractivity contribution in [2.45, 2.75) is 0 Å². The lowest BCUT2D eigenvalue weighted by molar-refractivity contribution is 1.11. The van der Waals surface area contributed by atoms with Gasteiger partial charge in [-0.25, -0.2) is 0 Å². The Bertz CT molecular complexity index is 584. The summed E-state index contributed by atoms with van der Waals surface area (Å²) < 4.78 is 1.98. The van der Waals surface area contributed by atoms with Gasteiger partial charge in [-0.1, -0.05) is 36.4 Å². The van der Waals surface area contributed by atoms with Crippen molar-refractivity contribution >= 4 is 5.65 Å². The number of hydrogen-bond donors (Lipinski definition) is 0. The Labute approximate surface area is 87.0 Å². The minimum absolute atomic E-state index is 0.872. The molecule has 0 fully saturated rings. The zero-order chi connectivity index (χ0) is 10.1. The van der Waals surface area contributed by atoms with Crippen LogP contribution in [0.2, 0.25) is 0 Å². The molecule has 0 atom stereocenters. The molecule has 2 heterocycles. The lowest BCUT2D eigenvalue weighted by Crippen LogP contribution is -1.87. The number of fused-ring (bicyclic) bond motifs is 1. The third kappa shape index (κ3) is 1.29. The maximum Gasteiger partial charge on any atom is 0.168 e. The standard InChI is InChI=1S/C12H9N3/c1-2-6-10(7-3-1)12-14-13-11-8-4-5-9-15(11)12/h1-9H. The van der Waals surface area contributed by atoms with E-state index in [9.17, 15) is 0 Å². The Morgan fingerprint density at radius 1 is 0.800 bits per heavy atom. The van der Waals surface area contributed by atoms with E-state index in [2.05, 4.69) is 10.2 Å². The van der Waals surface area contributed by atoms with Gasteiger partial charge in [0.1, 0.15) is 0 Å². The van der Waals surface area contributed by atoms with E-state index in [-0.39, 0.29) is 0 Å². The Balaban J connectivity index is 2.28. The van der Waals surface area contributed by atoms with Crippen LogP contribution in [0.1, 0.15) is 0 Å². The SMILES string of the molecule is c1ccc(-c2nnc3ccccn23)cc1. The topological polar surface area (TPSA) is 30.2 Å². The lowest BCUT2D eigenvalue weighted by atomic mass is 10.2. The molecule has 15 heavy (non-hydrogen) atoms. The van der Waals surface area contributed by atoms with Crippen LogP contribution in [0.4, 0.5) is 0 Å². The van der Waals surface area contributed by atoms with Gasteiger partial charge in [0.2, 0.25) is 0 Å². The van der Waals surface area contributed by atoms with Gasteiger partial charge in [-0.3, -0.25) is 4.40 Å². The molecule has 0 N–H and O–H groups in total. The average Bonchev–Trinajstić information content (AvgIpc) is 2.74. The number of aromatic nitrogens is 3. The number of nitrogens with zero attached hydrogens (tertiary/aromatic N) is 3. The van der Waals surface area contributed by atoms with Gasteiger partial charge in [-0.05, 0) is 12.1 Å². The molecule has 0 unspecified atom stereocenters. The highest BCUT2D eigenvalue weighted by Gasteiger charge is 2.05. The third-order valence-electron chi connectivity index (χ3n) is 2.35. The molecule has 3 heteroatoms. The van der Waals surface area contributed by atoms with E-state index < -0.39 is 0 Å². The summed E-state index contributed by atoms with van der Waals surface area (Å²) in [7, 11) is 0. The van der Waals surface area contributed by atoms with Gasteiger partial charge in [0.05, 0.1) is 0 Å². The summed E-state index contributed by atoms with van der Waals surface area (Å²) in [5, 5.41) is 8.29. The zero-order valence-corrected chi connectivity index (χ0v) is 8.04. The van der Waals surface area contributed by atoms with Gasteiger partial charge >= 0.3 is 0 Å². The third-order valence-corrected chi connectivity index (χ3v) is 2.35. The van der Waals surface area contributed by atoms with Crippen LogP contribution in [0.25, 0.3) is 17.0 Å². The first-order valence-corrected chi connectivity index (χ1v) is 4.80. The van der Waals surface area contributed by atoms with Crippen LogP contribution in [0.5, 0.6) is 0 Å². The second kappa shape index (κ2) is 3.20. The quantitative estimate of drug-likeness (QED) is 0.596. The molecule has 0 aliphatic heterocycles. The Morgan fingerprint density at radius 2 is 1.60 bits per heavy atom. The molecule has 0 amide bonds. The Morgan fingerprint density at radius 3 is 2.47 bits per heavy atom. The molecule has 72 valence electrons. The van der Waals surface area contributed by atoms with Crippen molar-refractivity contribution < 1.29 is 0 Å². The molecule has 3 rings (SSSR count). The molecule has 0 radical (unpaired) electrons. The molecule has 1 aromatic carbocycles. The van der Waals surface area contributed by atoms with Crippen molar-refractivity contribution in [1.29, 1.82) is 0 Å². The fraction of sp³-hybridized carbons (Fsp3) is 0. The van der Waals surface area contributed by atoms with Crippen LogP contribution in [-0.4, -0.2) is 14.6 Å². The maximum atomic E-state index is 4.18. The van der Waals surface area contributed by atoms with Crippen molar-refractivity contribution in [2.75, 3.05) is 0 Å². The van der Waals surface area contributed by atoms with Gasteiger partial charge in [0, 0.05) is 11.8 Å². The second-order valence-electron chi connectivity index (χ2n) is 3.32. The minimum Gasteiger partial charge on any atom is -0.282 e. The van der Waals surface area contributed by atoms with E-state index in [0.717, 1.165) is 17.0 Å². The van der Waals surface area contributed by atoms with Gasteiger partial charge in [0.25, 0.3) is 0 Å². The Kier molecular flexibility index (Phi) is 1.75. The van der Waals surface area contributed by atoms with Crippen LogP contribution < -0.4 is 0 Å². The van der Waals surface area contributed by atoms with Crippen molar-refractivity contribution in [3.63, 3.8) is 0 Å². The van der Waals surface area contributed by atoms with E-state index in [1.165, 1.54) is 0 Å². The fourth-order valence-corrected chi connectivity index (χ4v) is 1.63. The predicted octanol–water partition coefficient (Wildman–Crippen LogP) is 2.40. The summed E-state index contributed by atoms with van der Waals surface area (Å²) in [5.74, 6) is 0.881. The largest absolute Gasteiger partial charge is 0.282 e. The van der Waals surface area contributed by atoms with Crippen molar-refractivity contribution in [2.24, 2.45) is 0 Å². The van der Waals surface area contributed by atoms with Crippen LogP contribution in [0.3, 0.4) is 0 Å². The summed E-state index contributed by atoms with van der Waals surface area (Å²) >= 11 is 0. The summed E-state index contributed by atoms with van der Waals surface area (Å²) in [6, 6.07) is 15.9. The number of pyridine rings is 1. The Hall–Kier alpha value is -2.16. The van der Waals surface area contributed by atoms with Gasteiger partial charge < -0.3 is 0 Å². The molecule has 3 nitrogen and oxygen atoms in total. The number of benzene rings is 1. The summed E-state index contributed by atoms with van der Waals surface area (Å²) in [6.07, 6.45) is 1.97. The first-order chi connectivity index (χ1) is 7.45. The smallest absolute Gasteiger partial charge is 0.168 e. The molecular formula is C12H9N3. The highest BCUT2D eigenvalue weighted by molar-refractivity contribution is 5.58. The molecule has 0 saturated carbocycles. The first kappa shape index (κ1) is 8.17. The van der Waals surface area contributed by atoms with Crippen molar-refractivity contribution in [3.05, 3.63) is 54.7 Å². The number of rotatable bonds is 1. The van der Waals surface area contributed by atoms with E-state index in [1.807, 2.05) is 59.1 Å². The van der Waals surface area contributed by atoms with Gasteiger partial charge in [0.15, 0.2) is 11.5 Å². The van der Waals surface area contributed by atoms with Gasteiger partial charge in [-0.15, -0.1) is 10.2 Å². The maximum absolute atomic E-state index is 4.18. The second-order valence-corrected chi connectivity index (χ2v) is 3.32. The molecular weight excluding hydrogens is 186 g/mol. The lowest BCUT2D eigenvalue weighted by Gasteiger charge is -1.98. The summed E-state index contributed by atoms with van der Waals surface area (Å²) in [4.78, 5) is 0. The minimum atomic E-state index is 0.872. The van der Waals surface area contributed by atoms with Crippen LogP contribution in [0, 0.1) is 0 Å². The summed E-state index contributed by atoms with van der Waals surface area (Å²) in [6.45, 7) is 0. The molecule has 0 bridgehead atoms. The predicted molar refractivity (Wildman–Crippen MR) is 58.4 cm³/mol. The zero-order valence-electron chi connectivity index (χ0n) is 8.04. The molecule has 0 saturated heterocycles. The van der Waals surface area contributed by atoms with Crippen LogP contribution in [-0.2, 0) is 0 Å².